The van der Waals surface area contributed by atoms with Crippen molar-refractivity contribution in [2.24, 2.45) is 5.73 Å². The van der Waals surface area contributed by atoms with E-state index < -0.39 is 0 Å². The lowest BCUT2D eigenvalue weighted by molar-refractivity contribution is 0.0803. The Hall–Kier alpha value is -0.160. The number of nitrogens with zero attached hydrogens (tertiary/aromatic N) is 3. The smallest absolute Gasteiger partial charge is 0.0235 e. The predicted octanol–water partition coefficient (Wildman–Crippen LogP) is 1.11. The van der Waals surface area contributed by atoms with Crippen molar-refractivity contribution >= 4 is 0 Å². The van der Waals surface area contributed by atoms with Crippen molar-refractivity contribution in [3.05, 3.63) is 0 Å². The fourth-order valence-corrected chi connectivity index (χ4v) is 5.36. The van der Waals surface area contributed by atoms with E-state index in [4.69, 9.17) is 5.73 Å². The first-order chi connectivity index (χ1) is 10.2. The summed E-state index contributed by atoms with van der Waals surface area (Å²) in [5, 5.41) is 0. The van der Waals surface area contributed by atoms with Crippen LogP contribution in [0, 0.1) is 0 Å². The predicted molar refractivity (Wildman–Crippen MR) is 86.4 cm³/mol. The van der Waals surface area contributed by atoms with Crippen LogP contribution in [0.5, 0.6) is 0 Å². The topological polar surface area (TPSA) is 35.7 Å². The molecule has 0 amide bonds. The molecule has 0 aliphatic carbocycles. The van der Waals surface area contributed by atoms with Crippen LogP contribution in [-0.4, -0.2) is 78.1 Å². The summed E-state index contributed by atoms with van der Waals surface area (Å²) in [7, 11) is 2.35. The Labute approximate surface area is 129 Å². The molecule has 0 aromatic carbocycles. The van der Waals surface area contributed by atoms with E-state index in [1.54, 1.807) is 0 Å². The summed E-state index contributed by atoms with van der Waals surface area (Å²) in [5.41, 5.74) is 6.05. The Bertz CT molecular complexity index is 352. The van der Waals surface area contributed by atoms with Crippen LogP contribution in [0.1, 0.15) is 44.9 Å². The van der Waals surface area contributed by atoms with Gasteiger partial charge in [0, 0.05) is 43.3 Å². The number of hydrogen-bond donors (Lipinski definition) is 1. The molecule has 0 aromatic rings. The first-order valence-corrected chi connectivity index (χ1v) is 9.16. The quantitative estimate of drug-likeness (QED) is 0.827. The summed E-state index contributed by atoms with van der Waals surface area (Å²) in [6.07, 6.45) is 9.52. The molecule has 3 atom stereocenters. The molecule has 0 saturated carbocycles. The van der Waals surface area contributed by atoms with Gasteiger partial charge in [0.05, 0.1) is 0 Å². The number of fused-ring (bicyclic) bond motifs is 2. The maximum atomic E-state index is 6.05. The summed E-state index contributed by atoms with van der Waals surface area (Å²) in [4.78, 5) is 8.22. The van der Waals surface area contributed by atoms with Crippen LogP contribution < -0.4 is 5.73 Å². The Balaban J connectivity index is 1.32. The number of likely N-dealkylation sites (tertiary alicyclic amines) is 2. The molecule has 4 nitrogen and oxygen atoms in total. The normalized spacial score (nSPS) is 43.7. The average Bonchev–Trinajstić information content (AvgIpc) is 3.03. The van der Waals surface area contributed by atoms with Crippen LogP contribution in [0.3, 0.4) is 0 Å². The van der Waals surface area contributed by atoms with E-state index in [2.05, 4.69) is 21.7 Å². The SMILES string of the molecule is CN1C2CCC1CC(N1CCC(N3CCC(N)CC3)C1)C2. The summed E-state index contributed by atoms with van der Waals surface area (Å²) in [5.74, 6) is 0. The van der Waals surface area contributed by atoms with E-state index >= 15 is 0 Å². The summed E-state index contributed by atoms with van der Waals surface area (Å²) in [6, 6.07) is 3.90. The molecule has 4 rings (SSSR count). The van der Waals surface area contributed by atoms with E-state index in [9.17, 15) is 0 Å². The average molecular weight is 292 g/mol. The molecule has 3 unspecified atom stereocenters. The number of nitrogens with two attached hydrogens (primary N) is 1. The van der Waals surface area contributed by atoms with Gasteiger partial charge in [0.1, 0.15) is 0 Å². The molecule has 4 saturated heterocycles. The minimum Gasteiger partial charge on any atom is -0.328 e. The van der Waals surface area contributed by atoms with Crippen molar-refractivity contribution in [2.75, 3.05) is 33.2 Å². The lowest BCUT2D eigenvalue weighted by Crippen LogP contribution is -2.50. The van der Waals surface area contributed by atoms with E-state index in [-0.39, 0.29) is 0 Å². The van der Waals surface area contributed by atoms with Gasteiger partial charge >= 0.3 is 0 Å². The second-order valence-corrected chi connectivity index (χ2v) is 7.99. The first-order valence-electron chi connectivity index (χ1n) is 9.16. The first kappa shape index (κ1) is 14.4. The number of hydrogen-bond acceptors (Lipinski definition) is 4. The van der Waals surface area contributed by atoms with Gasteiger partial charge in [0.25, 0.3) is 0 Å². The lowest BCUT2D eigenvalue weighted by atomic mass is 9.97. The highest BCUT2D eigenvalue weighted by Crippen LogP contribution is 2.37. The third-order valence-electron chi connectivity index (χ3n) is 6.88. The Morgan fingerprint density at radius 3 is 2.00 bits per heavy atom. The third kappa shape index (κ3) is 2.76. The molecule has 4 aliphatic heterocycles. The number of rotatable bonds is 2. The number of piperidine rings is 2. The minimum absolute atomic E-state index is 0.461. The Morgan fingerprint density at radius 1 is 0.714 bits per heavy atom. The fourth-order valence-electron chi connectivity index (χ4n) is 5.36. The van der Waals surface area contributed by atoms with Crippen LogP contribution in [0.25, 0.3) is 0 Å². The van der Waals surface area contributed by atoms with Crippen LogP contribution >= 0.6 is 0 Å². The lowest BCUT2D eigenvalue weighted by Gasteiger charge is -2.41. The van der Waals surface area contributed by atoms with Crippen LogP contribution in [0.2, 0.25) is 0 Å². The zero-order chi connectivity index (χ0) is 14.4. The van der Waals surface area contributed by atoms with Gasteiger partial charge in [0.15, 0.2) is 0 Å². The molecule has 0 radical (unpaired) electrons. The van der Waals surface area contributed by atoms with Gasteiger partial charge in [0.2, 0.25) is 0 Å². The molecule has 120 valence electrons. The second kappa shape index (κ2) is 5.80. The fraction of sp³-hybridized carbons (Fsp3) is 1.00. The molecule has 4 heterocycles. The van der Waals surface area contributed by atoms with Crippen molar-refractivity contribution in [3.8, 4) is 0 Å². The van der Waals surface area contributed by atoms with Gasteiger partial charge in [-0.25, -0.2) is 0 Å². The largest absolute Gasteiger partial charge is 0.328 e. The minimum atomic E-state index is 0.461. The van der Waals surface area contributed by atoms with E-state index in [1.807, 2.05) is 0 Å². The van der Waals surface area contributed by atoms with Crippen molar-refractivity contribution in [1.82, 2.24) is 14.7 Å². The van der Waals surface area contributed by atoms with E-state index in [0.717, 1.165) is 24.2 Å². The highest BCUT2D eigenvalue weighted by atomic mass is 15.3. The van der Waals surface area contributed by atoms with Crippen molar-refractivity contribution in [3.63, 3.8) is 0 Å². The van der Waals surface area contributed by atoms with E-state index in [1.165, 1.54) is 71.1 Å². The molecule has 2 bridgehead atoms. The molecular weight excluding hydrogens is 260 g/mol. The molecule has 4 fully saturated rings. The summed E-state index contributed by atoms with van der Waals surface area (Å²) in [6.45, 7) is 5.13. The van der Waals surface area contributed by atoms with Gasteiger partial charge in [-0.1, -0.05) is 0 Å². The van der Waals surface area contributed by atoms with Crippen molar-refractivity contribution in [2.45, 2.75) is 75.2 Å². The van der Waals surface area contributed by atoms with Gasteiger partial charge in [-0.2, -0.15) is 0 Å². The monoisotopic (exact) mass is 292 g/mol. The summed E-state index contributed by atoms with van der Waals surface area (Å²) < 4.78 is 0. The maximum absolute atomic E-state index is 6.05. The standard InChI is InChI=1S/C17H32N4/c1-19-14-2-3-15(19)11-17(10-14)21-9-6-16(12-21)20-7-4-13(18)5-8-20/h13-17H,2-12,18H2,1H3. The summed E-state index contributed by atoms with van der Waals surface area (Å²) >= 11 is 0. The maximum Gasteiger partial charge on any atom is 0.0235 e. The molecule has 4 aliphatic rings. The molecular formula is C17H32N4. The van der Waals surface area contributed by atoms with Crippen LogP contribution in [0.15, 0.2) is 0 Å². The van der Waals surface area contributed by atoms with Crippen LogP contribution in [-0.2, 0) is 0 Å². The highest BCUT2D eigenvalue weighted by molar-refractivity contribution is 4.99. The zero-order valence-corrected chi connectivity index (χ0v) is 13.6. The van der Waals surface area contributed by atoms with Gasteiger partial charge in [-0.15, -0.1) is 0 Å². The molecule has 0 spiro atoms. The van der Waals surface area contributed by atoms with Gasteiger partial charge in [-0.05, 0) is 65.1 Å². The molecule has 0 aromatic heterocycles. The molecule has 21 heavy (non-hydrogen) atoms. The molecule has 4 heteroatoms. The third-order valence-corrected chi connectivity index (χ3v) is 6.88. The van der Waals surface area contributed by atoms with E-state index in [0.29, 0.717) is 6.04 Å². The van der Waals surface area contributed by atoms with Gasteiger partial charge in [-0.3, -0.25) is 9.80 Å². The van der Waals surface area contributed by atoms with Crippen molar-refractivity contribution in [1.29, 1.82) is 0 Å². The van der Waals surface area contributed by atoms with Gasteiger partial charge < -0.3 is 10.6 Å². The zero-order valence-electron chi connectivity index (χ0n) is 13.6. The Kier molecular flexibility index (Phi) is 3.99. The highest BCUT2D eigenvalue weighted by Gasteiger charge is 2.42. The second-order valence-electron chi connectivity index (χ2n) is 7.99. The Morgan fingerprint density at radius 2 is 1.33 bits per heavy atom. The van der Waals surface area contributed by atoms with Crippen molar-refractivity contribution < 1.29 is 0 Å². The van der Waals surface area contributed by atoms with Crippen LogP contribution in [0.4, 0.5) is 0 Å². The molecule has 2 N–H and O–H groups in total.